The second kappa shape index (κ2) is 9.53. The third-order valence-electron chi connectivity index (χ3n) is 6.00. The zero-order chi connectivity index (χ0) is 25.0. The van der Waals surface area contributed by atoms with Crippen molar-refractivity contribution in [1.82, 2.24) is 0 Å². The molecule has 0 bridgehead atoms. The highest BCUT2D eigenvalue weighted by atomic mass is 16.6. The van der Waals surface area contributed by atoms with Crippen LogP contribution in [-0.2, 0) is 10.2 Å². The minimum absolute atomic E-state index is 0.0588. The summed E-state index contributed by atoms with van der Waals surface area (Å²) in [5.41, 5.74) is 1.69. The van der Waals surface area contributed by atoms with Crippen LogP contribution in [0.15, 0.2) is 90.0 Å². The van der Waals surface area contributed by atoms with E-state index in [1.807, 2.05) is 30.3 Å². The summed E-state index contributed by atoms with van der Waals surface area (Å²) in [4.78, 5) is 34.4. The SMILES string of the molecule is N#CC1(c2ccccc2)C/C(=C\c2ccc([N+](=O)[O-])cc2)C(=O)/C(=C/c2ccc([N+](=O)[O-])cc2)C1. The first-order valence-corrected chi connectivity index (χ1v) is 10.7. The molecule has 0 aliphatic heterocycles. The Morgan fingerprint density at radius 2 is 1.17 bits per heavy atom. The van der Waals surface area contributed by atoms with Crippen molar-refractivity contribution in [2.45, 2.75) is 18.3 Å². The normalized spacial score (nSPS) is 19.9. The standard InChI is InChI=1S/C27H19N3O5/c28-18-27(23-4-2-1-3-5-23)16-21(14-19-6-10-24(11-7-19)29(32)33)26(31)22(17-27)15-20-8-12-25(13-9-20)30(34)35/h1-15H,16-17H2/b21-14+,22-15+. The highest BCUT2D eigenvalue weighted by Crippen LogP contribution is 2.43. The Labute approximate surface area is 200 Å². The van der Waals surface area contributed by atoms with E-state index in [4.69, 9.17) is 0 Å². The van der Waals surface area contributed by atoms with E-state index in [0.717, 1.165) is 5.56 Å². The number of Topliss-reactive ketones (excluding diaryl/α,β-unsaturated/α-hetero) is 1. The van der Waals surface area contributed by atoms with E-state index < -0.39 is 15.3 Å². The van der Waals surface area contributed by atoms with Crippen LogP contribution >= 0.6 is 0 Å². The Hall–Kier alpha value is -4.90. The van der Waals surface area contributed by atoms with Crippen molar-refractivity contribution in [2.75, 3.05) is 0 Å². The molecule has 8 heteroatoms. The number of carbonyl (C=O) groups is 1. The van der Waals surface area contributed by atoms with Crippen LogP contribution in [0.25, 0.3) is 12.2 Å². The number of ketones is 1. The van der Waals surface area contributed by atoms with Crippen LogP contribution in [0.2, 0.25) is 0 Å². The molecular weight excluding hydrogens is 446 g/mol. The average molecular weight is 465 g/mol. The molecule has 1 aliphatic carbocycles. The summed E-state index contributed by atoms with van der Waals surface area (Å²) in [5, 5.41) is 32.2. The minimum Gasteiger partial charge on any atom is -0.289 e. The van der Waals surface area contributed by atoms with Gasteiger partial charge in [-0.15, -0.1) is 0 Å². The van der Waals surface area contributed by atoms with E-state index in [2.05, 4.69) is 6.07 Å². The summed E-state index contributed by atoms with van der Waals surface area (Å²) >= 11 is 0. The van der Waals surface area contributed by atoms with Crippen LogP contribution in [0.1, 0.15) is 29.5 Å². The molecular formula is C27H19N3O5. The van der Waals surface area contributed by atoms with Gasteiger partial charge in [0.2, 0.25) is 0 Å². The summed E-state index contributed by atoms with van der Waals surface area (Å²) < 4.78 is 0. The van der Waals surface area contributed by atoms with Crippen LogP contribution in [0, 0.1) is 31.6 Å². The van der Waals surface area contributed by atoms with Crippen molar-refractivity contribution in [3.63, 3.8) is 0 Å². The smallest absolute Gasteiger partial charge is 0.269 e. The van der Waals surface area contributed by atoms with Crippen molar-refractivity contribution in [2.24, 2.45) is 0 Å². The lowest BCUT2D eigenvalue weighted by Crippen LogP contribution is -2.33. The number of benzene rings is 3. The van der Waals surface area contributed by atoms with Gasteiger partial charge >= 0.3 is 0 Å². The van der Waals surface area contributed by atoms with Gasteiger partial charge in [0.25, 0.3) is 11.4 Å². The summed E-state index contributed by atoms with van der Waals surface area (Å²) in [7, 11) is 0. The van der Waals surface area contributed by atoms with Crippen molar-refractivity contribution >= 4 is 29.3 Å². The topological polar surface area (TPSA) is 127 Å². The van der Waals surface area contributed by atoms with Gasteiger partial charge in [0.1, 0.15) is 0 Å². The number of non-ortho nitro benzene ring substituents is 2. The summed E-state index contributed by atoms with van der Waals surface area (Å²) in [6, 6.07) is 23.3. The highest BCUT2D eigenvalue weighted by Gasteiger charge is 2.41. The number of rotatable bonds is 5. The molecule has 0 unspecified atom stereocenters. The first kappa shape index (κ1) is 23.3. The van der Waals surface area contributed by atoms with Gasteiger partial charge in [0.05, 0.1) is 21.3 Å². The number of allylic oxidation sites excluding steroid dienone is 2. The average Bonchev–Trinajstić information content (AvgIpc) is 2.87. The molecule has 1 saturated carbocycles. The number of hydrogen-bond donors (Lipinski definition) is 0. The zero-order valence-electron chi connectivity index (χ0n) is 18.5. The fraction of sp³-hybridized carbons (Fsp3) is 0.111. The van der Waals surface area contributed by atoms with E-state index in [1.165, 1.54) is 24.3 Å². The van der Waals surface area contributed by atoms with E-state index in [0.29, 0.717) is 22.3 Å². The molecule has 0 aromatic heterocycles. The number of nitro benzene ring substituents is 2. The summed E-state index contributed by atoms with van der Waals surface area (Å²) in [6.07, 6.45) is 3.68. The van der Waals surface area contributed by atoms with Gasteiger partial charge in [0, 0.05) is 35.4 Å². The van der Waals surface area contributed by atoms with Gasteiger partial charge in [-0.05, 0) is 65.9 Å². The van der Waals surface area contributed by atoms with E-state index >= 15 is 0 Å². The third kappa shape index (κ3) is 4.89. The molecule has 3 aromatic rings. The molecule has 8 nitrogen and oxygen atoms in total. The molecule has 35 heavy (non-hydrogen) atoms. The van der Waals surface area contributed by atoms with Crippen molar-refractivity contribution < 1.29 is 14.6 Å². The molecule has 0 amide bonds. The van der Waals surface area contributed by atoms with Gasteiger partial charge in [-0.1, -0.05) is 30.3 Å². The Kier molecular flexibility index (Phi) is 6.34. The maximum absolute atomic E-state index is 13.5. The quantitative estimate of drug-likeness (QED) is 0.266. The zero-order valence-corrected chi connectivity index (χ0v) is 18.5. The van der Waals surface area contributed by atoms with Crippen LogP contribution in [-0.4, -0.2) is 15.6 Å². The lowest BCUT2D eigenvalue weighted by Gasteiger charge is -2.33. The molecule has 0 N–H and O–H groups in total. The lowest BCUT2D eigenvalue weighted by atomic mass is 9.66. The predicted octanol–water partition coefficient (Wildman–Crippen LogP) is 5.79. The maximum Gasteiger partial charge on any atom is 0.269 e. The van der Waals surface area contributed by atoms with Crippen LogP contribution < -0.4 is 0 Å². The first-order valence-electron chi connectivity index (χ1n) is 10.7. The van der Waals surface area contributed by atoms with Gasteiger partial charge in [-0.2, -0.15) is 5.26 Å². The predicted molar refractivity (Wildman–Crippen MR) is 130 cm³/mol. The number of nitro groups is 2. The lowest BCUT2D eigenvalue weighted by molar-refractivity contribution is -0.385. The number of nitriles is 1. The van der Waals surface area contributed by atoms with Crippen molar-refractivity contribution in [3.05, 3.63) is 127 Å². The molecule has 1 fully saturated rings. The highest BCUT2D eigenvalue weighted by molar-refractivity contribution is 6.14. The molecule has 4 rings (SSSR count). The van der Waals surface area contributed by atoms with Gasteiger partial charge in [-0.3, -0.25) is 25.0 Å². The molecule has 0 spiro atoms. The Bertz CT molecular complexity index is 1320. The second-order valence-corrected chi connectivity index (χ2v) is 8.28. The number of nitrogens with zero attached hydrogens (tertiary/aromatic N) is 3. The molecule has 0 atom stereocenters. The van der Waals surface area contributed by atoms with Crippen LogP contribution in [0.4, 0.5) is 11.4 Å². The molecule has 0 radical (unpaired) electrons. The largest absolute Gasteiger partial charge is 0.289 e. The summed E-state index contributed by atoms with van der Waals surface area (Å²) in [6.45, 7) is 0. The third-order valence-corrected chi connectivity index (χ3v) is 6.00. The molecule has 3 aromatic carbocycles. The second-order valence-electron chi connectivity index (χ2n) is 8.28. The summed E-state index contributed by atoms with van der Waals surface area (Å²) in [5.74, 6) is -0.233. The number of hydrogen-bond acceptors (Lipinski definition) is 6. The van der Waals surface area contributed by atoms with Gasteiger partial charge in [0.15, 0.2) is 5.78 Å². The fourth-order valence-corrected chi connectivity index (χ4v) is 4.20. The molecule has 1 aliphatic rings. The van der Waals surface area contributed by atoms with Crippen molar-refractivity contribution in [3.8, 4) is 6.07 Å². The molecule has 0 heterocycles. The molecule has 0 saturated heterocycles. The Balaban J connectivity index is 1.80. The van der Waals surface area contributed by atoms with Gasteiger partial charge < -0.3 is 0 Å². The monoisotopic (exact) mass is 465 g/mol. The molecule has 172 valence electrons. The van der Waals surface area contributed by atoms with E-state index in [9.17, 15) is 30.3 Å². The van der Waals surface area contributed by atoms with E-state index in [-0.39, 0.29) is 30.0 Å². The van der Waals surface area contributed by atoms with E-state index in [1.54, 1.807) is 36.4 Å². The van der Waals surface area contributed by atoms with Crippen LogP contribution in [0.3, 0.4) is 0 Å². The Morgan fingerprint density at radius 1 is 0.743 bits per heavy atom. The first-order chi connectivity index (χ1) is 16.8. The van der Waals surface area contributed by atoms with Crippen molar-refractivity contribution in [1.29, 1.82) is 5.26 Å². The minimum atomic E-state index is -0.992. The maximum atomic E-state index is 13.5. The Morgan fingerprint density at radius 3 is 1.54 bits per heavy atom. The number of carbonyl (C=O) groups excluding carboxylic acids is 1. The van der Waals surface area contributed by atoms with Gasteiger partial charge in [-0.25, -0.2) is 0 Å². The fourth-order valence-electron chi connectivity index (χ4n) is 4.20. The van der Waals surface area contributed by atoms with Crippen LogP contribution in [0.5, 0.6) is 0 Å².